The molecule has 0 bridgehead atoms. The number of benzene rings is 1. The number of thiazole rings is 1. The lowest BCUT2D eigenvalue weighted by Gasteiger charge is -1.91. The first-order valence-electron chi connectivity index (χ1n) is 3.41. The largest absolute Gasteiger partial charge is 0.229 e. The van der Waals surface area contributed by atoms with Gasteiger partial charge in [-0.2, -0.15) is 5.26 Å². The summed E-state index contributed by atoms with van der Waals surface area (Å²) in [5.74, 6) is 0. The summed E-state index contributed by atoms with van der Waals surface area (Å²) in [6, 6.07) is 5.81. The molecule has 0 amide bonds. The summed E-state index contributed by atoms with van der Waals surface area (Å²) in [5, 5.41) is 10.5. The minimum absolute atomic E-state index is 0.876. The lowest BCUT2D eigenvalue weighted by molar-refractivity contribution is 1.43. The van der Waals surface area contributed by atoms with E-state index in [2.05, 4.69) is 20.9 Å². The monoisotopic (exact) mass is 270 g/mol. The summed E-state index contributed by atoms with van der Waals surface area (Å²) in [5.41, 5.74) is 0.971. The Bertz CT molecular complexity index is 486. The summed E-state index contributed by atoms with van der Waals surface area (Å²) in [6.45, 7) is 0. The number of thioether (sulfide) groups is 1. The van der Waals surface area contributed by atoms with E-state index in [9.17, 15) is 0 Å². The molecule has 0 saturated heterocycles. The molecular weight excluding hydrogens is 268 g/mol. The Morgan fingerprint density at radius 3 is 3.15 bits per heavy atom. The van der Waals surface area contributed by atoms with E-state index in [1.165, 1.54) is 11.8 Å². The third-order valence-corrected chi connectivity index (χ3v) is 3.55. The summed E-state index contributed by atoms with van der Waals surface area (Å²) in [4.78, 5) is 5.22. The number of nitriles is 1. The summed E-state index contributed by atoms with van der Waals surface area (Å²) < 4.78 is 1.98. The molecule has 0 saturated carbocycles. The molecule has 64 valence electrons. The first kappa shape index (κ1) is 9.00. The van der Waals surface area contributed by atoms with E-state index >= 15 is 0 Å². The molecule has 1 heterocycles. The van der Waals surface area contributed by atoms with Crippen LogP contribution in [0.3, 0.4) is 0 Å². The normalized spacial score (nSPS) is 10.2. The van der Waals surface area contributed by atoms with Gasteiger partial charge in [-0.1, -0.05) is 0 Å². The van der Waals surface area contributed by atoms with Crippen LogP contribution in [0.15, 0.2) is 27.0 Å². The van der Waals surface area contributed by atoms with Gasteiger partial charge in [-0.25, -0.2) is 4.98 Å². The predicted molar refractivity (Wildman–Crippen MR) is 58.8 cm³/mol. The molecule has 0 aliphatic rings. The Morgan fingerprint density at radius 2 is 2.38 bits per heavy atom. The quantitative estimate of drug-likeness (QED) is 0.587. The molecule has 0 fully saturated rings. The van der Waals surface area contributed by atoms with Gasteiger partial charge in [-0.3, -0.25) is 0 Å². The van der Waals surface area contributed by atoms with Crippen molar-refractivity contribution < 1.29 is 0 Å². The van der Waals surface area contributed by atoms with Crippen molar-refractivity contribution in [3.8, 4) is 5.40 Å². The van der Waals surface area contributed by atoms with Gasteiger partial charge in [0.25, 0.3) is 0 Å². The van der Waals surface area contributed by atoms with Crippen LogP contribution in [-0.4, -0.2) is 4.98 Å². The van der Waals surface area contributed by atoms with E-state index in [0.717, 1.165) is 19.0 Å². The number of aromatic nitrogens is 1. The van der Waals surface area contributed by atoms with Crippen molar-refractivity contribution in [2.45, 2.75) is 4.90 Å². The molecule has 5 heteroatoms. The van der Waals surface area contributed by atoms with Crippen LogP contribution in [-0.2, 0) is 0 Å². The van der Waals surface area contributed by atoms with Crippen molar-refractivity contribution in [1.82, 2.24) is 4.98 Å². The highest BCUT2D eigenvalue weighted by Crippen LogP contribution is 2.29. The second kappa shape index (κ2) is 3.66. The fourth-order valence-electron chi connectivity index (χ4n) is 0.993. The first-order valence-corrected chi connectivity index (χ1v) is 5.84. The van der Waals surface area contributed by atoms with Crippen molar-refractivity contribution in [3.05, 3.63) is 22.1 Å². The molecule has 2 rings (SSSR count). The van der Waals surface area contributed by atoms with Gasteiger partial charge in [-0.15, -0.1) is 11.3 Å². The third kappa shape index (κ3) is 1.85. The average Bonchev–Trinajstić information content (AvgIpc) is 2.44. The van der Waals surface area contributed by atoms with Gasteiger partial charge in [0.1, 0.15) is 5.40 Å². The van der Waals surface area contributed by atoms with Gasteiger partial charge in [-0.05, 0) is 45.9 Å². The molecular formula is C8H3BrN2S2. The van der Waals surface area contributed by atoms with Crippen LogP contribution >= 0.6 is 39.0 Å². The lowest BCUT2D eigenvalue weighted by Crippen LogP contribution is -1.69. The van der Waals surface area contributed by atoms with Crippen LogP contribution in [0, 0.1) is 10.7 Å². The molecule has 0 radical (unpaired) electrons. The molecule has 0 unspecified atom stereocenters. The highest BCUT2D eigenvalue weighted by Gasteiger charge is 2.02. The Kier molecular flexibility index (Phi) is 2.54. The van der Waals surface area contributed by atoms with E-state index < -0.39 is 0 Å². The molecule has 0 atom stereocenters. The molecule has 0 aliphatic heterocycles. The number of halogens is 1. The van der Waals surface area contributed by atoms with Gasteiger partial charge in [0.15, 0.2) is 3.92 Å². The second-order valence-electron chi connectivity index (χ2n) is 2.29. The topological polar surface area (TPSA) is 36.7 Å². The predicted octanol–water partition coefficient (Wildman–Crippen LogP) is 3.63. The van der Waals surface area contributed by atoms with E-state index in [4.69, 9.17) is 5.26 Å². The molecule has 1 aromatic heterocycles. The van der Waals surface area contributed by atoms with Crippen molar-refractivity contribution >= 4 is 49.2 Å². The average molecular weight is 271 g/mol. The van der Waals surface area contributed by atoms with Gasteiger partial charge in [0, 0.05) is 4.90 Å². The molecule has 2 nitrogen and oxygen atoms in total. The van der Waals surface area contributed by atoms with E-state index in [-0.39, 0.29) is 0 Å². The highest BCUT2D eigenvalue weighted by atomic mass is 79.9. The Labute approximate surface area is 91.7 Å². The fourth-order valence-corrected chi connectivity index (χ4v) is 2.93. The zero-order valence-electron chi connectivity index (χ0n) is 6.32. The standard InChI is InChI=1S/C8H3BrN2S2/c9-8-11-6-2-1-5(12-4-10)3-7(6)13-8/h1-3H. The maximum Gasteiger partial charge on any atom is 0.160 e. The number of rotatable bonds is 1. The minimum atomic E-state index is 0.876. The van der Waals surface area contributed by atoms with Crippen molar-refractivity contribution in [2.24, 2.45) is 0 Å². The van der Waals surface area contributed by atoms with Crippen molar-refractivity contribution in [2.75, 3.05) is 0 Å². The molecule has 0 spiro atoms. The minimum Gasteiger partial charge on any atom is -0.229 e. The van der Waals surface area contributed by atoms with Crippen LogP contribution in [0.25, 0.3) is 10.2 Å². The first-order chi connectivity index (χ1) is 6.29. The van der Waals surface area contributed by atoms with Crippen LogP contribution in [0.4, 0.5) is 0 Å². The Morgan fingerprint density at radius 1 is 1.54 bits per heavy atom. The summed E-state index contributed by atoms with van der Waals surface area (Å²) in [7, 11) is 0. The van der Waals surface area contributed by atoms with Gasteiger partial charge in [0.05, 0.1) is 10.2 Å². The molecule has 0 N–H and O–H groups in total. The Hall–Kier alpha value is -0.570. The van der Waals surface area contributed by atoms with Crippen molar-refractivity contribution in [1.29, 1.82) is 5.26 Å². The van der Waals surface area contributed by atoms with Crippen LogP contribution < -0.4 is 0 Å². The maximum atomic E-state index is 8.49. The van der Waals surface area contributed by atoms with Gasteiger partial charge in [0.2, 0.25) is 0 Å². The molecule has 0 aliphatic carbocycles. The molecule has 13 heavy (non-hydrogen) atoms. The van der Waals surface area contributed by atoms with Gasteiger partial charge >= 0.3 is 0 Å². The zero-order chi connectivity index (χ0) is 9.26. The number of fused-ring (bicyclic) bond motifs is 1. The smallest absolute Gasteiger partial charge is 0.160 e. The SMILES string of the molecule is N#CSc1ccc2nc(Br)sc2c1. The lowest BCUT2D eigenvalue weighted by atomic mass is 10.3. The zero-order valence-corrected chi connectivity index (χ0v) is 9.54. The van der Waals surface area contributed by atoms with Crippen LogP contribution in [0.2, 0.25) is 0 Å². The number of hydrogen-bond donors (Lipinski definition) is 0. The number of hydrogen-bond acceptors (Lipinski definition) is 4. The van der Waals surface area contributed by atoms with Crippen molar-refractivity contribution in [3.63, 3.8) is 0 Å². The third-order valence-electron chi connectivity index (χ3n) is 1.50. The van der Waals surface area contributed by atoms with E-state index in [1.54, 1.807) is 11.3 Å². The fraction of sp³-hybridized carbons (Fsp3) is 0. The number of nitrogens with zero attached hydrogens (tertiary/aromatic N) is 2. The summed E-state index contributed by atoms with van der Waals surface area (Å²) >= 11 is 6.07. The highest BCUT2D eigenvalue weighted by molar-refractivity contribution is 9.11. The van der Waals surface area contributed by atoms with Crippen LogP contribution in [0.1, 0.15) is 0 Å². The Balaban J connectivity index is 2.56. The van der Waals surface area contributed by atoms with E-state index in [1.807, 2.05) is 23.6 Å². The van der Waals surface area contributed by atoms with E-state index in [0.29, 0.717) is 0 Å². The van der Waals surface area contributed by atoms with Crippen LogP contribution in [0.5, 0.6) is 0 Å². The second-order valence-corrected chi connectivity index (χ2v) is 5.45. The molecule has 2 aromatic rings. The number of thiocyanates is 1. The van der Waals surface area contributed by atoms with Gasteiger partial charge < -0.3 is 0 Å². The molecule has 1 aromatic carbocycles. The summed E-state index contributed by atoms with van der Waals surface area (Å²) in [6.07, 6.45) is 0. The maximum absolute atomic E-state index is 8.49.